The van der Waals surface area contributed by atoms with Gasteiger partial charge in [-0.05, 0) is 95.3 Å². The van der Waals surface area contributed by atoms with Crippen molar-refractivity contribution >= 4 is 27.5 Å². The lowest BCUT2D eigenvalue weighted by atomic mass is 9.48. The van der Waals surface area contributed by atoms with Crippen molar-refractivity contribution in [3.8, 4) is 0 Å². The molecular formula is C23H26BrN3O3. The van der Waals surface area contributed by atoms with Crippen LogP contribution in [0, 0.1) is 17.8 Å². The highest BCUT2D eigenvalue weighted by Crippen LogP contribution is 2.60. The molecule has 4 bridgehead atoms. The first-order valence-electron chi connectivity index (χ1n) is 10.8. The van der Waals surface area contributed by atoms with Gasteiger partial charge in [-0.25, -0.2) is 4.79 Å². The van der Waals surface area contributed by atoms with Crippen molar-refractivity contribution in [2.24, 2.45) is 17.8 Å². The van der Waals surface area contributed by atoms with Crippen LogP contribution in [0.25, 0.3) is 0 Å². The number of benzene rings is 1. The second kappa shape index (κ2) is 7.52. The van der Waals surface area contributed by atoms with Gasteiger partial charge in [0.05, 0.1) is 4.47 Å². The maximum Gasteiger partial charge on any atom is 0.328 e. The largest absolute Gasteiger partial charge is 0.328 e. The predicted octanol–water partition coefficient (Wildman–Crippen LogP) is 3.80. The third-order valence-corrected chi connectivity index (χ3v) is 7.97. The molecule has 4 fully saturated rings. The summed E-state index contributed by atoms with van der Waals surface area (Å²) in [5, 5.41) is 2.89. The molecule has 1 aromatic carbocycles. The summed E-state index contributed by atoms with van der Waals surface area (Å²) in [4.78, 5) is 38.7. The summed E-state index contributed by atoms with van der Waals surface area (Å²) in [6.07, 6.45) is 9.61. The Bertz CT molecular complexity index is 1050. The quantitative estimate of drug-likeness (QED) is 0.695. The van der Waals surface area contributed by atoms with Crippen LogP contribution in [-0.4, -0.2) is 15.5 Å². The van der Waals surface area contributed by atoms with Crippen LogP contribution in [0.15, 0.2) is 44.5 Å². The molecule has 0 aliphatic heterocycles. The highest BCUT2D eigenvalue weighted by atomic mass is 79.9. The van der Waals surface area contributed by atoms with Gasteiger partial charge in [-0.1, -0.05) is 12.1 Å². The van der Waals surface area contributed by atoms with Gasteiger partial charge in [-0.2, -0.15) is 0 Å². The molecular weight excluding hydrogens is 446 g/mol. The summed E-state index contributed by atoms with van der Waals surface area (Å²) < 4.78 is 1.29. The van der Waals surface area contributed by atoms with E-state index < -0.39 is 11.2 Å². The van der Waals surface area contributed by atoms with Crippen molar-refractivity contribution in [1.82, 2.24) is 9.55 Å². The van der Waals surface area contributed by atoms with E-state index in [4.69, 9.17) is 0 Å². The first-order chi connectivity index (χ1) is 14.4. The Morgan fingerprint density at radius 3 is 2.27 bits per heavy atom. The van der Waals surface area contributed by atoms with Gasteiger partial charge in [0.2, 0.25) is 5.91 Å². The number of halogens is 1. The van der Waals surface area contributed by atoms with E-state index in [1.54, 1.807) is 0 Å². The molecule has 2 aromatic rings. The third kappa shape index (κ3) is 3.57. The van der Waals surface area contributed by atoms with Gasteiger partial charge in [0.1, 0.15) is 0 Å². The predicted molar refractivity (Wildman–Crippen MR) is 119 cm³/mol. The van der Waals surface area contributed by atoms with Crippen LogP contribution >= 0.6 is 15.9 Å². The number of aromatic nitrogens is 2. The van der Waals surface area contributed by atoms with Gasteiger partial charge >= 0.3 is 5.69 Å². The van der Waals surface area contributed by atoms with Crippen LogP contribution in [-0.2, 0) is 16.8 Å². The Morgan fingerprint density at radius 2 is 1.67 bits per heavy atom. The van der Waals surface area contributed by atoms with Gasteiger partial charge in [0.25, 0.3) is 5.56 Å². The van der Waals surface area contributed by atoms with E-state index in [9.17, 15) is 14.4 Å². The molecule has 0 unspecified atom stereocenters. The molecule has 0 atom stereocenters. The zero-order valence-electron chi connectivity index (χ0n) is 16.8. The van der Waals surface area contributed by atoms with Gasteiger partial charge in [0, 0.05) is 24.8 Å². The zero-order valence-corrected chi connectivity index (χ0v) is 18.4. The average Bonchev–Trinajstić information content (AvgIpc) is 2.70. The molecule has 0 spiro atoms. The van der Waals surface area contributed by atoms with Crippen LogP contribution in [0.1, 0.15) is 50.5 Å². The maximum atomic E-state index is 12.3. The second-order valence-corrected chi connectivity index (χ2v) is 10.3. The lowest BCUT2D eigenvalue weighted by Gasteiger charge is -2.57. The number of aromatic amines is 1. The van der Waals surface area contributed by atoms with Crippen molar-refractivity contribution in [1.29, 1.82) is 0 Å². The second-order valence-electron chi connectivity index (χ2n) is 9.47. The lowest BCUT2D eigenvalue weighted by molar-refractivity contribution is -0.116. The number of hydrogen-bond donors (Lipinski definition) is 2. The van der Waals surface area contributed by atoms with Crippen LogP contribution in [0.4, 0.5) is 5.69 Å². The molecule has 4 aliphatic carbocycles. The van der Waals surface area contributed by atoms with Crippen molar-refractivity contribution in [3.63, 3.8) is 0 Å². The van der Waals surface area contributed by atoms with Gasteiger partial charge in [0.15, 0.2) is 0 Å². The number of nitrogens with one attached hydrogen (secondary N) is 2. The summed E-state index contributed by atoms with van der Waals surface area (Å²) in [7, 11) is 0. The fourth-order valence-corrected chi connectivity index (χ4v) is 6.83. The van der Waals surface area contributed by atoms with Gasteiger partial charge in [-0.3, -0.25) is 14.2 Å². The molecule has 1 aromatic heterocycles. The number of H-pyrrole nitrogens is 1. The van der Waals surface area contributed by atoms with Crippen LogP contribution in [0.2, 0.25) is 0 Å². The standard InChI is InChI=1S/C23H26BrN3O3/c24-19-13-25-22(30)27(21(19)29)6-5-20(28)26-18-3-1-17(2-4-18)23-10-14-7-15(11-23)9-16(8-14)12-23/h1-4,13-16H,5-12H2,(H,25,30)(H,26,28). The fourth-order valence-electron chi connectivity index (χ4n) is 6.50. The minimum absolute atomic E-state index is 0.0325. The minimum atomic E-state index is -0.518. The lowest BCUT2D eigenvalue weighted by Crippen LogP contribution is -2.48. The Kier molecular flexibility index (Phi) is 4.96. The molecule has 0 radical (unpaired) electrons. The summed E-state index contributed by atoms with van der Waals surface area (Å²) in [6, 6.07) is 8.35. The highest BCUT2D eigenvalue weighted by molar-refractivity contribution is 9.10. The number of anilines is 1. The normalized spacial score (nSPS) is 29.2. The molecule has 6 nitrogen and oxygen atoms in total. The number of hydrogen-bond acceptors (Lipinski definition) is 3. The zero-order chi connectivity index (χ0) is 20.9. The SMILES string of the molecule is O=C(CCn1c(=O)[nH]cc(Br)c1=O)Nc1ccc(C23CC4CC(CC(C4)C2)C3)cc1. The van der Waals surface area contributed by atoms with E-state index in [0.717, 1.165) is 28.0 Å². The summed E-state index contributed by atoms with van der Waals surface area (Å²) in [5.41, 5.74) is 1.57. The Morgan fingerprint density at radius 1 is 1.07 bits per heavy atom. The molecule has 1 heterocycles. The molecule has 0 saturated heterocycles. The number of carbonyl (C=O) groups excluding carboxylic acids is 1. The van der Waals surface area contributed by atoms with Crippen LogP contribution < -0.4 is 16.6 Å². The first kappa shape index (κ1) is 19.8. The summed E-state index contributed by atoms with van der Waals surface area (Å²) in [5.74, 6) is 2.49. The van der Waals surface area contributed by atoms with E-state index in [1.807, 2.05) is 12.1 Å². The monoisotopic (exact) mass is 471 g/mol. The van der Waals surface area contributed by atoms with Crippen molar-refractivity contribution in [2.75, 3.05) is 5.32 Å². The smallest absolute Gasteiger partial charge is 0.326 e. The maximum absolute atomic E-state index is 12.3. The number of nitrogens with zero attached hydrogens (tertiary/aromatic N) is 1. The average molecular weight is 472 g/mol. The minimum Gasteiger partial charge on any atom is -0.326 e. The number of amides is 1. The molecule has 30 heavy (non-hydrogen) atoms. The fraction of sp³-hybridized carbons (Fsp3) is 0.522. The van der Waals surface area contributed by atoms with Crippen LogP contribution in [0.3, 0.4) is 0 Å². The molecule has 7 heteroatoms. The summed E-state index contributed by atoms with van der Waals surface area (Å²) in [6.45, 7) is 0.0325. The van der Waals surface area contributed by atoms with E-state index in [2.05, 4.69) is 38.4 Å². The molecule has 6 rings (SSSR count). The topological polar surface area (TPSA) is 84.0 Å². The van der Waals surface area contributed by atoms with E-state index in [1.165, 1.54) is 50.3 Å². The molecule has 2 N–H and O–H groups in total. The van der Waals surface area contributed by atoms with E-state index >= 15 is 0 Å². The van der Waals surface area contributed by atoms with Gasteiger partial charge < -0.3 is 10.3 Å². The van der Waals surface area contributed by atoms with Crippen molar-refractivity contribution in [3.05, 3.63) is 61.3 Å². The van der Waals surface area contributed by atoms with Crippen LogP contribution in [0.5, 0.6) is 0 Å². The van der Waals surface area contributed by atoms with Gasteiger partial charge in [-0.15, -0.1) is 0 Å². The highest BCUT2D eigenvalue weighted by Gasteiger charge is 2.51. The number of rotatable bonds is 5. The first-order valence-corrected chi connectivity index (χ1v) is 11.6. The summed E-state index contributed by atoms with van der Waals surface area (Å²) >= 11 is 3.10. The van der Waals surface area contributed by atoms with Crippen molar-refractivity contribution < 1.29 is 4.79 Å². The number of carbonyl (C=O) groups is 1. The third-order valence-electron chi connectivity index (χ3n) is 7.40. The molecule has 4 aliphatic rings. The Balaban J connectivity index is 1.24. The molecule has 158 valence electrons. The van der Waals surface area contributed by atoms with Crippen molar-refractivity contribution in [2.45, 2.75) is 56.9 Å². The molecule has 1 amide bonds. The van der Waals surface area contributed by atoms with E-state index in [-0.39, 0.29) is 23.3 Å². The Hall–Kier alpha value is -2.15. The molecule has 4 saturated carbocycles. The van der Waals surface area contributed by atoms with E-state index in [0.29, 0.717) is 5.41 Å². The Labute approximate surface area is 183 Å².